The standard InChI is InChI=1S/C15H22O/c1-6-11(2)14(16)12-9-7-8-10-13(12)15(3,4)5/h7-11H,6H2,1-5H3. The van der Waals surface area contributed by atoms with Gasteiger partial charge in [0.25, 0.3) is 0 Å². The molecule has 0 N–H and O–H groups in total. The van der Waals surface area contributed by atoms with Crippen LogP contribution < -0.4 is 0 Å². The molecule has 0 radical (unpaired) electrons. The number of carbonyl (C=O) groups excluding carboxylic acids is 1. The molecule has 0 spiro atoms. The zero-order valence-electron chi connectivity index (χ0n) is 11.0. The maximum atomic E-state index is 12.2. The molecule has 1 rings (SSSR count). The lowest BCUT2D eigenvalue weighted by Crippen LogP contribution is -2.20. The van der Waals surface area contributed by atoms with Crippen molar-refractivity contribution in [1.82, 2.24) is 0 Å². The number of hydrogen-bond donors (Lipinski definition) is 0. The summed E-state index contributed by atoms with van der Waals surface area (Å²) in [5, 5.41) is 0. The molecule has 0 aliphatic carbocycles. The van der Waals surface area contributed by atoms with E-state index in [1.165, 1.54) is 0 Å². The molecule has 0 amide bonds. The Morgan fingerprint density at radius 1 is 1.25 bits per heavy atom. The number of hydrogen-bond acceptors (Lipinski definition) is 1. The van der Waals surface area contributed by atoms with E-state index in [9.17, 15) is 4.79 Å². The second kappa shape index (κ2) is 4.82. The van der Waals surface area contributed by atoms with Gasteiger partial charge in [-0.3, -0.25) is 4.79 Å². The van der Waals surface area contributed by atoms with E-state index in [0.717, 1.165) is 17.5 Å². The van der Waals surface area contributed by atoms with Gasteiger partial charge in [0, 0.05) is 11.5 Å². The monoisotopic (exact) mass is 218 g/mol. The summed E-state index contributed by atoms with van der Waals surface area (Å²) in [7, 11) is 0. The molecular formula is C15H22O. The molecule has 0 aliphatic rings. The molecule has 0 saturated carbocycles. The van der Waals surface area contributed by atoms with Crippen LogP contribution in [0.5, 0.6) is 0 Å². The van der Waals surface area contributed by atoms with Crippen LogP contribution in [-0.4, -0.2) is 5.78 Å². The van der Waals surface area contributed by atoms with E-state index in [1.807, 2.05) is 25.1 Å². The summed E-state index contributed by atoms with van der Waals surface area (Å²) in [6.45, 7) is 10.5. The fourth-order valence-corrected chi connectivity index (χ4v) is 1.80. The van der Waals surface area contributed by atoms with Crippen LogP contribution in [-0.2, 0) is 5.41 Å². The van der Waals surface area contributed by atoms with Crippen LogP contribution in [0.2, 0.25) is 0 Å². The van der Waals surface area contributed by atoms with Gasteiger partial charge in [-0.15, -0.1) is 0 Å². The molecule has 0 heterocycles. The third kappa shape index (κ3) is 2.72. The van der Waals surface area contributed by atoms with Crippen LogP contribution in [0.25, 0.3) is 0 Å². The summed E-state index contributed by atoms with van der Waals surface area (Å²) < 4.78 is 0. The van der Waals surface area contributed by atoms with Gasteiger partial charge in [-0.2, -0.15) is 0 Å². The average molecular weight is 218 g/mol. The van der Waals surface area contributed by atoms with Crippen molar-refractivity contribution < 1.29 is 4.79 Å². The van der Waals surface area contributed by atoms with E-state index < -0.39 is 0 Å². The summed E-state index contributed by atoms with van der Waals surface area (Å²) in [6, 6.07) is 7.98. The first-order chi connectivity index (χ1) is 7.38. The number of ketones is 1. The first-order valence-electron chi connectivity index (χ1n) is 6.01. The molecule has 1 heteroatoms. The van der Waals surface area contributed by atoms with Crippen molar-refractivity contribution in [1.29, 1.82) is 0 Å². The van der Waals surface area contributed by atoms with E-state index >= 15 is 0 Å². The van der Waals surface area contributed by atoms with Gasteiger partial charge in [0.1, 0.15) is 0 Å². The Kier molecular flexibility index (Phi) is 3.90. The minimum atomic E-state index is 0.0275. The maximum Gasteiger partial charge on any atom is 0.165 e. The zero-order valence-corrected chi connectivity index (χ0v) is 11.0. The molecule has 88 valence electrons. The number of carbonyl (C=O) groups is 1. The maximum absolute atomic E-state index is 12.2. The van der Waals surface area contributed by atoms with Gasteiger partial charge in [-0.05, 0) is 17.4 Å². The third-order valence-electron chi connectivity index (χ3n) is 3.06. The molecule has 1 aromatic rings. The van der Waals surface area contributed by atoms with Crippen LogP contribution in [0.1, 0.15) is 57.0 Å². The second-order valence-electron chi connectivity index (χ2n) is 5.47. The number of Topliss-reactive ketones (excluding diaryl/α,β-unsaturated/α-hetero) is 1. The van der Waals surface area contributed by atoms with E-state index in [1.54, 1.807) is 0 Å². The summed E-state index contributed by atoms with van der Waals surface area (Å²) in [4.78, 5) is 12.2. The van der Waals surface area contributed by atoms with Gasteiger partial charge in [0.15, 0.2) is 5.78 Å². The van der Waals surface area contributed by atoms with Crippen molar-refractivity contribution in [3.63, 3.8) is 0 Å². The van der Waals surface area contributed by atoms with Crippen LogP contribution >= 0.6 is 0 Å². The van der Waals surface area contributed by atoms with Crippen molar-refractivity contribution >= 4 is 5.78 Å². The minimum absolute atomic E-state index is 0.0275. The summed E-state index contributed by atoms with van der Waals surface area (Å²) in [5.41, 5.74) is 2.07. The van der Waals surface area contributed by atoms with Crippen LogP contribution in [0.15, 0.2) is 24.3 Å². The quantitative estimate of drug-likeness (QED) is 0.694. The van der Waals surface area contributed by atoms with Gasteiger partial charge < -0.3 is 0 Å². The third-order valence-corrected chi connectivity index (χ3v) is 3.06. The molecule has 0 aromatic heterocycles. The first kappa shape index (κ1) is 13.0. The van der Waals surface area contributed by atoms with Crippen LogP contribution in [0, 0.1) is 5.92 Å². The summed E-state index contributed by atoms with van der Waals surface area (Å²) in [5.74, 6) is 0.386. The highest BCUT2D eigenvalue weighted by atomic mass is 16.1. The van der Waals surface area contributed by atoms with E-state index in [0.29, 0.717) is 0 Å². The Hall–Kier alpha value is -1.11. The van der Waals surface area contributed by atoms with E-state index in [4.69, 9.17) is 0 Å². The van der Waals surface area contributed by atoms with Crippen molar-refractivity contribution in [2.45, 2.75) is 46.5 Å². The van der Waals surface area contributed by atoms with Crippen molar-refractivity contribution in [3.8, 4) is 0 Å². The van der Waals surface area contributed by atoms with Gasteiger partial charge >= 0.3 is 0 Å². The first-order valence-corrected chi connectivity index (χ1v) is 6.01. The number of rotatable bonds is 3. The van der Waals surface area contributed by atoms with Crippen molar-refractivity contribution in [3.05, 3.63) is 35.4 Å². The van der Waals surface area contributed by atoms with Gasteiger partial charge in [-0.1, -0.05) is 58.9 Å². The molecule has 16 heavy (non-hydrogen) atoms. The summed E-state index contributed by atoms with van der Waals surface area (Å²) >= 11 is 0. The predicted octanol–water partition coefficient (Wildman–Crippen LogP) is 4.21. The normalized spacial score (nSPS) is 13.6. The van der Waals surface area contributed by atoms with Gasteiger partial charge in [-0.25, -0.2) is 0 Å². The lowest BCUT2D eigenvalue weighted by molar-refractivity contribution is 0.0925. The Bertz CT molecular complexity index is 371. The Morgan fingerprint density at radius 2 is 1.81 bits per heavy atom. The molecule has 0 fully saturated rings. The Labute approximate surface area is 98.9 Å². The molecule has 0 bridgehead atoms. The fraction of sp³-hybridized carbons (Fsp3) is 0.533. The van der Waals surface area contributed by atoms with Crippen LogP contribution in [0.4, 0.5) is 0 Å². The average Bonchev–Trinajstić information content (AvgIpc) is 2.26. The highest BCUT2D eigenvalue weighted by Crippen LogP contribution is 2.27. The lowest BCUT2D eigenvalue weighted by atomic mass is 9.81. The molecule has 1 nitrogen and oxygen atoms in total. The smallest absolute Gasteiger partial charge is 0.165 e. The molecule has 1 unspecified atom stereocenters. The minimum Gasteiger partial charge on any atom is -0.294 e. The van der Waals surface area contributed by atoms with Crippen LogP contribution in [0.3, 0.4) is 0 Å². The zero-order chi connectivity index (χ0) is 12.3. The summed E-state index contributed by atoms with van der Waals surface area (Å²) in [6.07, 6.45) is 0.900. The fourth-order valence-electron chi connectivity index (χ4n) is 1.80. The lowest BCUT2D eigenvalue weighted by Gasteiger charge is -2.23. The second-order valence-corrected chi connectivity index (χ2v) is 5.47. The molecule has 1 aromatic carbocycles. The van der Waals surface area contributed by atoms with E-state index in [-0.39, 0.29) is 17.1 Å². The Morgan fingerprint density at radius 3 is 2.31 bits per heavy atom. The largest absolute Gasteiger partial charge is 0.294 e. The number of benzene rings is 1. The highest BCUT2D eigenvalue weighted by Gasteiger charge is 2.23. The van der Waals surface area contributed by atoms with Crippen molar-refractivity contribution in [2.75, 3.05) is 0 Å². The molecule has 0 saturated heterocycles. The molecule has 1 atom stereocenters. The SMILES string of the molecule is CCC(C)C(=O)c1ccccc1C(C)(C)C. The van der Waals surface area contributed by atoms with E-state index in [2.05, 4.69) is 33.8 Å². The molecule has 0 aliphatic heterocycles. The highest BCUT2D eigenvalue weighted by molar-refractivity contribution is 5.99. The Balaban J connectivity index is 3.19. The molecular weight excluding hydrogens is 196 g/mol. The predicted molar refractivity (Wildman–Crippen MR) is 68.9 cm³/mol. The van der Waals surface area contributed by atoms with Gasteiger partial charge in [0.2, 0.25) is 0 Å². The van der Waals surface area contributed by atoms with Gasteiger partial charge in [0.05, 0.1) is 0 Å². The topological polar surface area (TPSA) is 17.1 Å². The van der Waals surface area contributed by atoms with Crippen molar-refractivity contribution in [2.24, 2.45) is 5.92 Å².